The second kappa shape index (κ2) is 7.92. The summed E-state index contributed by atoms with van der Waals surface area (Å²) in [6.45, 7) is 2.96. The van der Waals surface area contributed by atoms with Gasteiger partial charge in [0.15, 0.2) is 5.82 Å². The van der Waals surface area contributed by atoms with E-state index in [2.05, 4.69) is 15.4 Å². The molecule has 2 heterocycles. The molecule has 1 amide bonds. The zero-order chi connectivity index (χ0) is 18.5. The van der Waals surface area contributed by atoms with Crippen LogP contribution in [-0.2, 0) is 16.1 Å². The number of hydrogen-bond donors (Lipinski definition) is 1. The number of nitrogens with one attached hydrogen (secondary N) is 1. The molecule has 0 spiro atoms. The molecule has 0 saturated heterocycles. The van der Waals surface area contributed by atoms with Crippen molar-refractivity contribution in [3.05, 3.63) is 52.4 Å². The van der Waals surface area contributed by atoms with Gasteiger partial charge in [0.25, 0.3) is 5.56 Å². The van der Waals surface area contributed by atoms with Gasteiger partial charge in [-0.1, -0.05) is 30.3 Å². The lowest BCUT2D eigenvalue weighted by molar-refractivity contribution is -0.121. The summed E-state index contributed by atoms with van der Waals surface area (Å²) < 4.78 is 7.88. The maximum Gasteiger partial charge on any atom is 0.275 e. The van der Waals surface area contributed by atoms with Crippen molar-refractivity contribution in [3.63, 3.8) is 0 Å². The second-order valence-corrected chi connectivity index (χ2v) is 5.92. The van der Waals surface area contributed by atoms with Crippen molar-refractivity contribution in [1.29, 1.82) is 0 Å². The normalized spacial score (nSPS) is 11.0. The number of rotatable bonds is 7. The number of nitrogens with zero attached hydrogens (tertiary/aromatic N) is 4. The molecule has 0 fully saturated rings. The topological polar surface area (TPSA) is 90.5 Å². The zero-order valence-electron chi connectivity index (χ0n) is 14.8. The molecule has 8 heteroatoms. The summed E-state index contributed by atoms with van der Waals surface area (Å²) in [4.78, 5) is 29.0. The van der Waals surface area contributed by atoms with E-state index in [0.717, 1.165) is 12.0 Å². The molecule has 8 nitrogen and oxygen atoms in total. The van der Waals surface area contributed by atoms with Gasteiger partial charge in [-0.15, -0.1) is 5.10 Å². The van der Waals surface area contributed by atoms with Crippen molar-refractivity contribution >= 4 is 11.7 Å². The summed E-state index contributed by atoms with van der Waals surface area (Å²) in [5, 5.41) is 7.14. The molecule has 0 aliphatic heterocycles. The third-order valence-corrected chi connectivity index (χ3v) is 3.98. The highest BCUT2D eigenvalue weighted by Crippen LogP contribution is 2.15. The molecule has 0 aliphatic rings. The fraction of sp³-hybridized carbons (Fsp3) is 0.333. The van der Waals surface area contributed by atoms with E-state index in [4.69, 9.17) is 4.74 Å². The molecule has 0 atom stereocenters. The molecule has 3 aromatic rings. The third-order valence-electron chi connectivity index (χ3n) is 3.98. The molecule has 2 aromatic heterocycles. The second-order valence-electron chi connectivity index (χ2n) is 5.92. The SMILES string of the molecule is COCCCNC(=O)Cn1c(C)cc(=O)n2nc(-c3ccccc3)nc12. The Bertz CT molecular complexity index is 962. The predicted molar refractivity (Wildman–Crippen MR) is 96.9 cm³/mol. The van der Waals surface area contributed by atoms with E-state index >= 15 is 0 Å². The van der Waals surface area contributed by atoms with Crippen LogP contribution < -0.4 is 10.9 Å². The standard InChI is InChI=1S/C18H21N5O3/c1-13-11-16(25)23-18(20-17(21-23)14-7-4-3-5-8-14)22(13)12-15(24)19-9-6-10-26-2/h3-5,7-8,11H,6,9-10,12H2,1-2H3,(H,19,24). The van der Waals surface area contributed by atoms with Crippen LogP contribution in [0.15, 0.2) is 41.2 Å². The molecule has 136 valence electrons. The Kier molecular flexibility index (Phi) is 5.43. The Morgan fingerprint density at radius 3 is 2.77 bits per heavy atom. The third kappa shape index (κ3) is 3.80. The monoisotopic (exact) mass is 355 g/mol. The molecule has 26 heavy (non-hydrogen) atoms. The van der Waals surface area contributed by atoms with Crippen molar-refractivity contribution < 1.29 is 9.53 Å². The van der Waals surface area contributed by atoms with Gasteiger partial charge in [0.05, 0.1) is 0 Å². The molecule has 3 rings (SSSR count). The number of hydrogen-bond acceptors (Lipinski definition) is 5. The largest absolute Gasteiger partial charge is 0.385 e. The summed E-state index contributed by atoms with van der Waals surface area (Å²) in [5.74, 6) is 0.641. The van der Waals surface area contributed by atoms with Crippen LogP contribution in [0, 0.1) is 6.92 Å². The van der Waals surface area contributed by atoms with E-state index < -0.39 is 0 Å². The fourth-order valence-electron chi connectivity index (χ4n) is 2.65. The maximum absolute atomic E-state index is 12.3. The summed E-state index contributed by atoms with van der Waals surface area (Å²) in [5.41, 5.74) is 1.19. The Morgan fingerprint density at radius 2 is 2.04 bits per heavy atom. The fourth-order valence-corrected chi connectivity index (χ4v) is 2.65. The minimum absolute atomic E-state index is 0.0650. The molecule has 0 saturated carbocycles. The molecule has 0 aliphatic carbocycles. The lowest BCUT2D eigenvalue weighted by atomic mass is 10.2. The highest BCUT2D eigenvalue weighted by molar-refractivity contribution is 5.76. The van der Waals surface area contributed by atoms with Crippen molar-refractivity contribution in [2.75, 3.05) is 20.3 Å². The zero-order valence-corrected chi connectivity index (χ0v) is 14.8. The first-order chi connectivity index (χ1) is 12.6. The average Bonchev–Trinajstić information content (AvgIpc) is 3.09. The van der Waals surface area contributed by atoms with Gasteiger partial charge in [0, 0.05) is 37.6 Å². The van der Waals surface area contributed by atoms with Gasteiger partial charge in [0.1, 0.15) is 6.54 Å². The van der Waals surface area contributed by atoms with Crippen molar-refractivity contribution in [1.82, 2.24) is 24.5 Å². The Hall–Kier alpha value is -3.00. The number of ether oxygens (including phenoxy) is 1. The van der Waals surface area contributed by atoms with Gasteiger partial charge in [-0.2, -0.15) is 9.50 Å². The number of methoxy groups -OCH3 is 1. The maximum atomic E-state index is 12.3. The van der Waals surface area contributed by atoms with E-state index in [1.165, 1.54) is 10.6 Å². The van der Waals surface area contributed by atoms with Crippen molar-refractivity contribution in [2.24, 2.45) is 0 Å². The number of aryl methyl sites for hydroxylation is 1. The lowest BCUT2D eigenvalue weighted by Crippen LogP contribution is -2.31. The number of carbonyl (C=O) groups excluding carboxylic acids is 1. The van der Waals surface area contributed by atoms with E-state index in [-0.39, 0.29) is 18.0 Å². The highest BCUT2D eigenvalue weighted by Gasteiger charge is 2.15. The average molecular weight is 355 g/mol. The first-order valence-corrected chi connectivity index (χ1v) is 8.38. The Balaban J connectivity index is 1.91. The van der Waals surface area contributed by atoms with Gasteiger partial charge in [-0.05, 0) is 13.3 Å². The first-order valence-electron chi connectivity index (χ1n) is 8.38. The number of amides is 1. The van der Waals surface area contributed by atoms with Crippen molar-refractivity contribution in [2.45, 2.75) is 19.9 Å². The van der Waals surface area contributed by atoms with Crippen molar-refractivity contribution in [3.8, 4) is 11.4 Å². The number of fused-ring (bicyclic) bond motifs is 1. The van der Waals surface area contributed by atoms with Crippen LogP contribution in [0.5, 0.6) is 0 Å². The van der Waals surface area contributed by atoms with E-state index in [0.29, 0.717) is 30.4 Å². The summed E-state index contributed by atoms with van der Waals surface area (Å²) in [7, 11) is 1.62. The Labute approximate surface area is 150 Å². The van der Waals surface area contributed by atoms with E-state index in [1.54, 1.807) is 18.6 Å². The first kappa shape index (κ1) is 17.8. The number of benzene rings is 1. The van der Waals surface area contributed by atoms with Gasteiger partial charge in [0.2, 0.25) is 11.7 Å². The van der Waals surface area contributed by atoms with Gasteiger partial charge in [-0.3, -0.25) is 9.59 Å². The molecule has 0 unspecified atom stereocenters. The highest BCUT2D eigenvalue weighted by atomic mass is 16.5. The smallest absolute Gasteiger partial charge is 0.275 e. The van der Waals surface area contributed by atoms with Crippen LogP contribution in [0.2, 0.25) is 0 Å². The summed E-state index contributed by atoms with van der Waals surface area (Å²) in [6, 6.07) is 10.9. The van der Waals surface area contributed by atoms with Gasteiger partial charge >= 0.3 is 0 Å². The van der Waals surface area contributed by atoms with E-state index in [1.807, 2.05) is 30.3 Å². The van der Waals surface area contributed by atoms with Crippen LogP contribution in [0.4, 0.5) is 0 Å². The predicted octanol–water partition coefficient (Wildman–Crippen LogP) is 1.02. The summed E-state index contributed by atoms with van der Waals surface area (Å²) >= 11 is 0. The van der Waals surface area contributed by atoms with Gasteiger partial charge in [-0.25, -0.2) is 0 Å². The number of aromatic nitrogens is 4. The molecule has 1 aromatic carbocycles. The molecular formula is C18H21N5O3. The molecule has 0 radical (unpaired) electrons. The van der Waals surface area contributed by atoms with Crippen LogP contribution >= 0.6 is 0 Å². The minimum atomic E-state index is -0.274. The molecular weight excluding hydrogens is 334 g/mol. The van der Waals surface area contributed by atoms with Crippen LogP contribution in [0.25, 0.3) is 17.2 Å². The quantitative estimate of drug-likeness (QED) is 0.639. The van der Waals surface area contributed by atoms with E-state index in [9.17, 15) is 9.59 Å². The van der Waals surface area contributed by atoms with Crippen LogP contribution in [-0.4, -0.2) is 45.3 Å². The van der Waals surface area contributed by atoms with Gasteiger partial charge < -0.3 is 14.6 Å². The lowest BCUT2D eigenvalue weighted by Gasteiger charge is -2.11. The summed E-state index contributed by atoms with van der Waals surface area (Å²) in [6.07, 6.45) is 0.740. The van der Waals surface area contributed by atoms with Crippen LogP contribution in [0.3, 0.4) is 0 Å². The Morgan fingerprint density at radius 1 is 1.27 bits per heavy atom. The molecule has 0 bridgehead atoms. The number of carbonyl (C=O) groups is 1. The van der Waals surface area contributed by atoms with Crippen LogP contribution in [0.1, 0.15) is 12.1 Å². The molecule has 1 N–H and O–H groups in total. The minimum Gasteiger partial charge on any atom is -0.385 e.